The number of urea groups is 1. The topological polar surface area (TPSA) is 74.4 Å². The van der Waals surface area contributed by atoms with Crippen LogP contribution in [0.2, 0.25) is 0 Å². The van der Waals surface area contributed by atoms with Crippen molar-refractivity contribution < 1.29 is 13.9 Å². The third-order valence-corrected chi connectivity index (χ3v) is 5.59. The summed E-state index contributed by atoms with van der Waals surface area (Å²) >= 11 is 0. The van der Waals surface area contributed by atoms with E-state index >= 15 is 0 Å². The number of amides is 2. The molecule has 2 amide bonds. The molecular formula is C24H26FN3O3. The van der Waals surface area contributed by atoms with Crippen molar-refractivity contribution in [1.29, 1.82) is 0 Å². The number of anilines is 1. The number of aryl methyl sites for hydroxylation is 1. The van der Waals surface area contributed by atoms with Crippen LogP contribution in [0.5, 0.6) is 0 Å². The first-order chi connectivity index (χ1) is 15.0. The first-order valence-electron chi connectivity index (χ1n) is 10.6. The third kappa shape index (κ3) is 5.11. The van der Waals surface area contributed by atoms with Gasteiger partial charge in [-0.3, -0.25) is 4.79 Å². The van der Waals surface area contributed by atoms with Gasteiger partial charge in [-0.2, -0.15) is 0 Å². The molecular weight excluding hydrogens is 397 g/mol. The lowest BCUT2D eigenvalue weighted by Crippen LogP contribution is -2.40. The Morgan fingerprint density at radius 1 is 1.23 bits per heavy atom. The third-order valence-electron chi connectivity index (χ3n) is 5.59. The number of hydrogen-bond acceptors (Lipinski definition) is 3. The van der Waals surface area contributed by atoms with Crippen molar-refractivity contribution in [3.8, 4) is 0 Å². The second-order valence-corrected chi connectivity index (χ2v) is 7.85. The van der Waals surface area contributed by atoms with E-state index in [2.05, 4.69) is 23.3 Å². The van der Waals surface area contributed by atoms with E-state index < -0.39 is 0 Å². The molecule has 162 valence electrons. The number of aromatic nitrogens is 1. The van der Waals surface area contributed by atoms with Crippen LogP contribution in [-0.4, -0.2) is 35.2 Å². The van der Waals surface area contributed by atoms with Gasteiger partial charge in [-0.25, -0.2) is 9.18 Å². The van der Waals surface area contributed by atoms with Gasteiger partial charge in [0.2, 0.25) is 0 Å². The first kappa shape index (κ1) is 21.1. The zero-order chi connectivity index (χ0) is 21.8. The van der Waals surface area contributed by atoms with Crippen LogP contribution >= 0.6 is 0 Å². The van der Waals surface area contributed by atoms with E-state index in [4.69, 9.17) is 4.74 Å². The van der Waals surface area contributed by atoms with E-state index in [0.717, 1.165) is 30.2 Å². The van der Waals surface area contributed by atoms with Crippen LogP contribution in [0.3, 0.4) is 0 Å². The maximum Gasteiger partial charge on any atom is 0.322 e. The molecule has 2 N–H and O–H groups in total. The van der Waals surface area contributed by atoms with Gasteiger partial charge in [0.25, 0.3) is 5.56 Å². The molecule has 3 aromatic rings. The molecule has 0 aliphatic carbocycles. The first-order valence-corrected chi connectivity index (χ1v) is 10.6. The Labute approximate surface area is 180 Å². The average Bonchev–Trinajstić information content (AvgIpc) is 3.28. The molecule has 1 fully saturated rings. The summed E-state index contributed by atoms with van der Waals surface area (Å²) in [6, 6.07) is 13.0. The van der Waals surface area contributed by atoms with Gasteiger partial charge in [-0.05, 0) is 72.7 Å². The fraction of sp³-hybridized carbons (Fsp3) is 0.333. The Morgan fingerprint density at radius 3 is 2.74 bits per heavy atom. The second-order valence-electron chi connectivity index (χ2n) is 7.85. The van der Waals surface area contributed by atoms with E-state index in [1.54, 1.807) is 4.90 Å². The number of H-pyrrole nitrogens is 1. The number of nitrogens with one attached hydrogen (secondary N) is 2. The Morgan fingerprint density at radius 2 is 2.03 bits per heavy atom. The summed E-state index contributed by atoms with van der Waals surface area (Å²) in [5.74, 6) is -0.372. The quantitative estimate of drug-likeness (QED) is 0.615. The molecule has 0 saturated carbocycles. The number of carbonyl (C=O) groups is 1. The number of carbonyl (C=O) groups excluding carboxylic acids is 1. The fourth-order valence-electron chi connectivity index (χ4n) is 3.83. The molecule has 6 nitrogen and oxygen atoms in total. The van der Waals surface area contributed by atoms with Crippen LogP contribution in [0.1, 0.15) is 30.9 Å². The van der Waals surface area contributed by atoms with Crippen molar-refractivity contribution in [3.05, 3.63) is 75.8 Å². The van der Waals surface area contributed by atoms with Crippen molar-refractivity contribution >= 4 is 22.6 Å². The van der Waals surface area contributed by atoms with Crippen molar-refractivity contribution in [2.24, 2.45) is 0 Å². The summed E-state index contributed by atoms with van der Waals surface area (Å²) in [6.45, 7) is 3.28. The summed E-state index contributed by atoms with van der Waals surface area (Å²) in [5, 5.41) is 3.73. The molecule has 1 aromatic heterocycles. The van der Waals surface area contributed by atoms with Crippen LogP contribution in [-0.2, 0) is 17.7 Å². The fourth-order valence-corrected chi connectivity index (χ4v) is 3.83. The lowest BCUT2D eigenvalue weighted by molar-refractivity contribution is 0.0818. The minimum atomic E-state index is -0.372. The summed E-state index contributed by atoms with van der Waals surface area (Å²) in [5.41, 5.74) is 2.73. The van der Waals surface area contributed by atoms with Gasteiger partial charge in [0.15, 0.2) is 0 Å². The number of rotatable bonds is 6. The van der Waals surface area contributed by atoms with Crippen LogP contribution in [0.4, 0.5) is 14.9 Å². The number of ether oxygens (including phenoxy) is 1. The second kappa shape index (κ2) is 9.31. The van der Waals surface area contributed by atoms with E-state index in [0.29, 0.717) is 24.4 Å². The molecule has 0 bridgehead atoms. The Balaban J connectivity index is 1.60. The van der Waals surface area contributed by atoms with E-state index in [1.807, 2.05) is 18.2 Å². The van der Waals surface area contributed by atoms with E-state index in [-0.39, 0.29) is 30.1 Å². The highest BCUT2D eigenvalue weighted by molar-refractivity contribution is 5.89. The van der Waals surface area contributed by atoms with Crippen molar-refractivity contribution in [2.75, 3.05) is 18.5 Å². The molecule has 0 spiro atoms. The number of aromatic amines is 1. The standard InChI is InChI=1S/C24H26FN3O3/c1-2-16-5-10-22-17(12-16)13-18(23(29)27-22)14-28(15-21-4-3-11-31-21)24(30)26-20-8-6-19(25)7-9-20/h5-10,12-13,21H,2-4,11,14-15H2,1H3,(H,26,30)(H,27,29)/t21-/m0/s1. The number of pyridine rings is 1. The van der Waals surface area contributed by atoms with E-state index in [1.165, 1.54) is 29.8 Å². The normalized spacial score (nSPS) is 15.9. The Hall–Kier alpha value is -3.19. The van der Waals surface area contributed by atoms with Crippen molar-refractivity contribution in [3.63, 3.8) is 0 Å². The van der Waals surface area contributed by atoms with Crippen molar-refractivity contribution in [1.82, 2.24) is 9.88 Å². The molecule has 0 radical (unpaired) electrons. The number of benzene rings is 2. The van der Waals surface area contributed by atoms with Gasteiger partial charge >= 0.3 is 6.03 Å². The predicted molar refractivity (Wildman–Crippen MR) is 119 cm³/mol. The largest absolute Gasteiger partial charge is 0.376 e. The van der Waals surface area contributed by atoms with Crippen LogP contribution < -0.4 is 10.9 Å². The Bertz CT molecular complexity index is 1120. The van der Waals surface area contributed by atoms with E-state index in [9.17, 15) is 14.0 Å². The molecule has 4 rings (SSSR count). The van der Waals surface area contributed by atoms with Crippen LogP contribution in [0.15, 0.2) is 53.3 Å². The molecule has 31 heavy (non-hydrogen) atoms. The summed E-state index contributed by atoms with van der Waals surface area (Å²) in [4.78, 5) is 30.2. The molecule has 1 atom stereocenters. The number of halogens is 1. The van der Waals surface area contributed by atoms with Gasteiger partial charge in [0.1, 0.15) is 5.82 Å². The highest BCUT2D eigenvalue weighted by atomic mass is 19.1. The van der Waals surface area contributed by atoms with Gasteiger partial charge in [0, 0.05) is 29.9 Å². The van der Waals surface area contributed by atoms with Crippen molar-refractivity contribution in [2.45, 2.75) is 38.8 Å². The SMILES string of the molecule is CCc1ccc2[nH]c(=O)c(CN(C[C@@H]3CCCO3)C(=O)Nc3ccc(F)cc3)cc2c1. The molecule has 1 aliphatic heterocycles. The van der Waals surface area contributed by atoms with Crippen LogP contribution in [0, 0.1) is 5.82 Å². The molecule has 1 saturated heterocycles. The summed E-state index contributed by atoms with van der Waals surface area (Å²) in [7, 11) is 0. The van der Waals surface area contributed by atoms with Crippen LogP contribution in [0.25, 0.3) is 10.9 Å². The number of hydrogen-bond donors (Lipinski definition) is 2. The monoisotopic (exact) mass is 423 g/mol. The Kier molecular flexibility index (Phi) is 6.32. The minimum Gasteiger partial charge on any atom is -0.376 e. The highest BCUT2D eigenvalue weighted by Gasteiger charge is 2.24. The summed E-state index contributed by atoms with van der Waals surface area (Å²) in [6.07, 6.45) is 2.66. The maximum atomic E-state index is 13.2. The van der Waals surface area contributed by atoms with Gasteiger partial charge in [-0.15, -0.1) is 0 Å². The van der Waals surface area contributed by atoms with Gasteiger partial charge < -0.3 is 19.9 Å². The lowest BCUT2D eigenvalue weighted by Gasteiger charge is -2.25. The predicted octanol–water partition coefficient (Wildman–Crippen LogP) is 4.44. The summed E-state index contributed by atoms with van der Waals surface area (Å²) < 4.78 is 18.9. The minimum absolute atomic E-state index is 0.0646. The molecule has 2 aromatic carbocycles. The maximum absolute atomic E-state index is 13.2. The lowest BCUT2D eigenvalue weighted by atomic mass is 10.1. The average molecular weight is 423 g/mol. The van der Waals surface area contributed by atoms with Gasteiger partial charge in [0.05, 0.1) is 12.6 Å². The molecule has 2 heterocycles. The number of nitrogens with zero attached hydrogens (tertiary/aromatic N) is 1. The highest BCUT2D eigenvalue weighted by Crippen LogP contribution is 2.18. The number of fused-ring (bicyclic) bond motifs is 1. The molecule has 7 heteroatoms. The zero-order valence-corrected chi connectivity index (χ0v) is 17.5. The smallest absolute Gasteiger partial charge is 0.322 e. The molecule has 1 aliphatic rings. The zero-order valence-electron chi connectivity index (χ0n) is 17.5. The van der Waals surface area contributed by atoms with Gasteiger partial charge in [-0.1, -0.05) is 13.0 Å². The molecule has 0 unspecified atom stereocenters.